The van der Waals surface area contributed by atoms with Gasteiger partial charge in [0.2, 0.25) is 11.5 Å². The van der Waals surface area contributed by atoms with Crippen LogP contribution in [-0.2, 0) is 12.0 Å². The second-order valence-electron chi connectivity index (χ2n) is 6.25. The number of aliphatic imine (C=N–C) groups is 3. The zero-order chi connectivity index (χ0) is 18.3. The summed E-state index contributed by atoms with van der Waals surface area (Å²) in [7, 11) is 0. The van der Waals surface area contributed by atoms with Gasteiger partial charge in [0.05, 0.1) is 5.71 Å². The summed E-state index contributed by atoms with van der Waals surface area (Å²) in [6.07, 6.45) is 1.65. The van der Waals surface area contributed by atoms with E-state index < -0.39 is 11.4 Å². The molecule has 2 aromatic rings. The second-order valence-corrected chi connectivity index (χ2v) is 6.25. The molecule has 130 valence electrons. The molecule has 2 aromatic carbocycles. The number of aryl methyl sites for hydroxylation is 1. The topological polar surface area (TPSA) is 113 Å². The number of fused-ring (bicyclic) bond motifs is 1. The van der Waals surface area contributed by atoms with Gasteiger partial charge in [-0.05, 0) is 41.7 Å². The van der Waals surface area contributed by atoms with Crippen molar-refractivity contribution in [2.45, 2.75) is 18.4 Å². The first-order valence-corrected chi connectivity index (χ1v) is 8.21. The monoisotopic (exact) mass is 348 g/mol. The normalized spacial score (nSPS) is 22.9. The SMILES string of the molecule is N=C(N)C1(c2ccc(F)cc2)N=C(N)N=C1N=C1CCc2ccccc21. The Morgan fingerprint density at radius 1 is 1.12 bits per heavy atom. The molecule has 0 spiro atoms. The molecule has 1 atom stereocenters. The third-order valence-corrected chi connectivity index (χ3v) is 4.68. The van der Waals surface area contributed by atoms with Crippen LogP contribution >= 0.6 is 0 Å². The van der Waals surface area contributed by atoms with Crippen molar-refractivity contribution in [3.05, 3.63) is 71.0 Å². The Morgan fingerprint density at radius 3 is 2.58 bits per heavy atom. The van der Waals surface area contributed by atoms with Gasteiger partial charge < -0.3 is 11.5 Å². The van der Waals surface area contributed by atoms with Crippen LogP contribution in [0.15, 0.2) is 63.5 Å². The molecule has 0 bridgehead atoms. The first kappa shape index (κ1) is 16.1. The standard InChI is InChI=1S/C19H17FN6/c20-13-8-6-12(7-9-13)19(16(21)22)17(25-18(23)26-19)24-15-10-5-11-3-1-2-4-14(11)15/h1-4,6-9H,5,10H2,(H3,21,22)(H2,23,26). The average molecular weight is 348 g/mol. The number of halogens is 1. The zero-order valence-electron chi connectivity index (χ0n) is 13.9. The molecule has 2 aliphatic rings. The lowest BCUT2D eigenvalue weighted by Gasteiger charge is -2.25. The summed E-state index contributed by atoms with van der Waals surface area (Å²) in [5.74, 6) is -0.424. The van der Waals surface area contributed by atoms with E-state index in [0.717, 1.165) is 24.1 Å². The highest BCUT2D eigenvalue weighted by Crippen LogP contribution is 2.33. The maximum Gasteiger partial charge on any atom is 0.219 e. The molecule has 1 aliphatic carbocycles. The highest BCUT2D eigenvalue weighted by molar-refractivity contribution is 6.24. The highest BCUT2D eigenvalue weighted by Gasteiger charge is 2.45. The predicted molar refractivity (Wildman–Crippen MR) is 100 cm³/mol. The Kier molecular flexibility index (Phi) is 3.64. The molecule has 0 saturated carbocycles. The van der Waals surface area contributed by atoms with Crippen molar-refractivity contribution in [3.8, 4) is 0 Å². The number of nitrogens with one attached hydrogen (secondary N) is 1. The molecule has 5 N–H and O–H groups in total. The lowest BCUT2D eigenvalue weighted by atomic mass is 9.88. The number of benzene rings is 2. The predicted octanol–water partition coefficient (Wildman–Crippen LogP) is 2.12. The van der Waals surface area contributed by atoms with Crippen molar-refractivity contribution in [2.24, 2.45) is 26.4 Å². The molecule has 0 fully saturated rings. The summed E-state index contributed by atoms with van der Waals surface area (Å²) in [4.78, 5) is 13.2. The van der Waals surface area contributed by atoms with Crippen molar-refractivity contribution in [1.82, 2.24) is 0 Å². The van der Waals surface area contributed by atoms with Crippen LogP contribution in [0.4, 0.5) is 4.39 Å². The Bertz CT molecular complexity index is 989. The van der Waals surface area contributed by atoms with Crippen molar-refractivity contribution in [3.63, 3.8) is 0 Å². The molecule has 0 aromatic heterocycles. The van der Waals surface area contributed by atoms with Gasteiger partial charge in [0.25, 0.3) is 0 Å². The Hall–Kier alpha value is -3.35. The largest absolute Gasteiger partial charge is 0.385 e. The van der Waals surface area contributed by atoms with E-state index in [4.69, 9.17) is 21.9 Å². The number of nitrogens with two attached hydrogens (primary N) is 2. The Labute approximate surface area is 149 Å². The maximum atomic E-state index is 13.4. The molecule has 1 aliphatic heterocycles. The molecule has 0 amide bonds. The first-order valence-electron chi connectivity index (χ1n) is 8.21. The molecule has 6 nitrogen and oxygen atoms in total. The number of guanidine groups is 1. The molecule has 0 saturated heterocycles. The van der Waals surface area contributed by atoms with Crippen LogP contribution in [0.2, 0.25) is 0 Å². The summed E-state index contributed by atoms with van der Waals surface area (Å²) in [6.45, 7) is 0. The molecule has 7 heteroatoms. The molecular weight excluding hydrogens is 331 g/mol. The summed E-state index contributed by atoms with van der Waals surface area (Å²) in [6, 6.07) is 13.7. The Balaban J connectivity index is 1.85. The van der Waals surface area contributed by atoms with Gasteiger partial charge in [0.15, 0.2) is 5.84 Å². The van der Waals surface area contributed by atoms with Gasteiger partial charge in [-0.15, -0.1) is 0 Å². The fourth-order valence-electron chi connectivity index (χ4n) is 3.41. The first-order chi connectivity index (χ1) is 12.5. The van der Waals surface area contributed by atoms with E-state index in [-0.39, 0.29) is 17.6 Å². The average Bonchev–Trinajstić information content (AvgIpc) is 3.18. The van der Waals surface area contributed by atoms with Crippen molar-refractivity contribution in [1.29, 1.82) is 5.41 Å². The minimum atomic E-state index is -1.43. The smallest absolute Gasteiger partial charge is 0.219 e. The van der Waals surface area contributed by atoms with Gasteiger partial charge in [-0.1, -0.05) is 36.4 Å². The molecule has 1 unspecified atom stereocenters. The van der Waals surface area contributed by atoms with E-state index in [9.17, 15) is 4.39 Å². The fraction of sp³-hybridized carbons (Fsp3) is 0.158. The van der Waals surface area contributed by atoms with Crippen LogP contribution in [0.5, 0.6) is 0 Å². The Morgan fingerprint density at radius 2 is 1.85 bits per heavy atom. The number of nitrogens with zero attached hydrogens (tertiary/aromatic N) is 3. The van der Waals surface area contributed by atoms with E-state index in [1.54, 1.807) is 0 Å². The van der Waals surface area contributed by atoms with Gasteiger partial charge >= 0.3 is 0 Å². The van der Waals surface area contributed by atoms with Crippen LogP contribution in [0.3, 0.4) is 0 Å². The van der Waals surface area contributed by atoms with E-state index >= 15 is 0 Å². The third-order valence-electron chi connectivity index (χ3n) is 4.68. The van der Waals surface area contributed by atoms with E-state index in [1.807, 2.05) is 18.2 Å². The molecule has 26 heavy (non-hydrogen) atoms. The number of hydrogen-bond donors (Lipinski definition) is 3. The van der Waals surface area contributed by atoms with Crippen LogP contribution < -0.4 is 11.5 Å². The van der Waals surface area contributed by atoms with Crippen LogP contribution in [0.1, 0.15) is 23.1 Å². The van der Waals surface area contributed by atoms with E-state index in [1.165, 1.54) is 29.8 Å². The van der Waals surface area contributed by atoms with Crippen molar-refractivity contribution in [2.75, 3.05) is 0 Å². The van der Waals surface area contributed by atoms with Crippen molar-refractivity contribution < 1.29 is 4.39 Å². The zero-order valence-corrected chi connectivity index (χ0v) is 13.9. The van der Waals surface area contributed by atoms with Gasteiger partial charge in [0, 0.05) is 0 Å². The fourth-order valence-corrected chi connectivity index (χ4v) is 3.41. The van der Waals surface area contributed by atoms with Gasteiger partial charge in [-0.3, -0.25) is 5.41 Å². The lowest BCUT2D eigenvalue weighted by molar-refractivity contribution is 0.625. The maximum absolute atomic E-state index is 13.4. The summed E-state index contributed by atoms with van der Waals surface area (Å²) >= 11 is 0. The van der Waals surface area contributed by atoms with Gasteiger partial charge in [-0.25, -0.2) is 14.4 Å². The summed E-state index contributed by atoms with van der Waals surface area (Å²) in [5, 5.41) is 8.14. The van der Waals surface area contributed by atoms with Crippen molar-refractivity contribution >= 4 is 23.3 Å². The summed E-state index contributed by atoms with van der Waals surface area (Å²) < 4.78 is 13.4. The van der Waals surface area contributed by atoms with Crippen LogP contribution in [0.25, 0.3) is 0 Å². The molecule has 0 radical (unpaired) electrons. The van der Waals surface area contributed by atoms with Gasteiger partial charge in [-0.2, -0.15) is 4.99 Å². The molecule has 4 rings (SSSR count). The van der Waals surface area contributed by atoms with Crippen LogP contribution in [-0.4, -0.2) is 23.3 Å². The third kappa shape index (κ3) is 2.40. The summed E-state index contributed by atoms with van der Waals surface area (Å²) in [5.41, 5.74) is 13.9. The van der Waals surface area contributed by atoms with Gasteiger partial charge in [0.1, 0.15) is 11.7 Å². The quantitative estimate of drug-likeness (QED) is 0.570. The molecule has 1 heterocycles. The second kappa shape index (κ2) is 5.87. The number of rotatable bonds is 2. The van der Waals surface area contributed by atoms with Crippen LogP contribution in [0, 0.1) is 11.2 Å². The minimum Gasteiger partial charge on any atom is -0.385 e. The number of hydrogen-bond acceptors (Lipinski definition) is 5. The van der Waals surface area contributed by atoms with E-state index in [2.05, 4.69) is 16.1 Å². The number of amidine groups is 2. The highest BCUT2D eigenvalue weighted by atomic mass is 19.1. The molecular formula is C19H17FN6. The minimum absolute atomic E-state index is 0.00448. The lowest BCUT2D eigenvalue weighted by Crippen LogP contribution is -2.44. The van der Waals surface area contributed by atoms with E-state index in [0.29, 0.717) is 5.56 Å².